The minimum absolute atomic E-state index is 0.00796. The number of hydrogen-bond donors (Lipinski definition) is 1. The highest BCUT2D eigenvalue weighted by Crippen LogP contribution is 2.28. The van der Waals surface area contributed by atoms with Gasteiger partial charge >= 0.3 is 0 Å². The van der Waals surface area contributed by atoms with Crippen molar-refractivity contribution in [2.75, 3.05) is 19.6 Å². The highest BCUT2D eigenvalue weighted by molar-refractivity contribution is 7.89. The second-order valence-electron chi connectivity index (χ2n) is 5.36. The van der Waals surface area contributed by atoms with Crippen LogP contribution in [-0.2, 0) is 10.0 Å². The molecule has 0 radical (unpaired) electrons. The summed E-state index contributed by atoms with van der Waals surface area (Å²) in [5.41, 5.74) is 0.940. The number of rotatable bonds is 3. The number of nitrogens with zero attached hydrogens (tertiary/aromatic N) is 2. The van der Waals surface area contributed by atoms with Crippen LogP contribution < -0.4 is 5.32 Å². The van der Waals surface area contributed by atoms with Gasteiger partial charge in [0.1, 0.15) is 0 Å². The van der Waals surface area contributed by atoms with Crippen LogP contribution in [0.5, 0.6) is 0 Å². The molecule has 1 aromatic rings. The first-order valence-electron chi connectivity index (χ1n) is 6.72. The van der Waals surface area contributed by atoms with Crippen LogP contribution in [0, 0.1) is 24.0 Å². The number of piperazine rings is 1. The molecule has 1 fully saturated rings. The van der Waals surface area contributed by atoms with E-state index in [9.17, 15) is 18.5 Å². The lowest BCUT2D eigenvalue weighted by atomic mass is 10.1. The summed E-state index contributed by atoms with van der Waals surface area (Å²) in [6.45, 7) is 6.52. The maximum atomic E-state index is 12.6. The van der Waals surface area contributed by atoms with Gasteiger partial charge < -0.3 is 5.32 Å². The van der Waals surface area contributed by atoms with Crippen molar-refractivity contribution >= 4 is 15.7 Å². The lowest BCUT2D eigenvalue weighted by molar-refractivity contribution is -0.385. The zero-order valence-electron chi connectivity index (χ0n) is 12.3. The zero-order chi connectivity index (χ0) is 15.8. The summed E-state index contributed by atoms with van der Waals surface area (Å²) < 4.78 is 26.7. The Labute approximate surface area is 124 Å². The van der Waals surface area contributed by atoms with Crippen molar-refractivity contribution < 1.29 is 13.3 Å². The summed E-state index contributed by atoms with van der Waals surface area (Å²) in [6.07, 6.45) is 0. The van der Waals surface area contributed by atoms with Crippen LogP contribution in [0.2, 0.25) is 0 Å². The molecule has 7 nitrogen and oxygen atoms in total. The highest BCUT2D eigenvalue weighted by Gasteiger charge is 2.30. The van der Waals surface area contributed by atoms with Gasteiger partial charge in [0.15, 0.2) is 0 Å². The van der Waals surface area contributed by atoms with Crippen LogP contribution in [-0.4, -0.2) is 43.3 Å². The maximum absolute atomic E-state index is 12.6. The quantitative estimate of drug-likeness (QED) is 0.668. The molecular formula is C13H19N3O4S. The smallest absolute Gasteiger partial charge is 0.273 e. The average Bonchev–Trinajstić information content (AvgIpc) is 2.41. The summed E-state index contributed by atoms with van der Waals surface area (Å²) in [7, 11) is -3.70. The molecule has 0 saturated carbocycles. The van der Waals surface area contributed by atoms with Gasteiger partial charge in [-0.2, -0.15) is 4.31 Å². The lowest BCUT2D eigenvalue weighted by Crippen LogP contribution is -2.51. The SMILES string of the molecule is Cc1cc(S(=O)(=O)N2CCN[C@H](C)C2)cc([N+](=O)[O-])c1C. The molecule has 1 saturated heterocycles. The summed E-state index contributed by atoms with van der Waals surface area (Å²) >= 11 is 0. The average molecular weight is 313 g/mol. The maximum Gasteiger partial charge on any atom is 0.273 e. The van der Waals surface area contributed by atoms with Gasteiger partial charge in [0.05, 0.1) is 9.82 Å². The predicted octanol–water partition coefficient (Wildman–Crippen LogP) is 1.19. The first-order chi connectivity index (χ1) is 9.73. The van der Waals surface area contributed by atoms with Crippen molar-refractivity contribution in [2.45, 2.75) is 31.7 Å². The number of nitro groups is 1. The van der Waals surface area contributed by atoms with E-state index in [-0.39, 0.29) is 16.6 Å². The fraction of sp³-hybridized carbons (Fsp3) is 0.538. The largest absolute Gasteiger partial charge is 0.312 e. The summed E-state index contributed by atoms with van der Waals surface area (Å²) in [6, 6.07) is 2.73. The van der Waals surface area contributed by atoms with E-state index >= 15 is 0 Å². The Morgan fingerprint density at radius 3 is 2.62 bits per heavy atom. The van der Waals surface area contributed by atoms with Crippen molar-refractivity contribution in [1.29, 1.82) is 0 Å². The van der Waals surface area contributed by atoms with Crippen molar-refractivity contribution in [2.24, 2.45) is 0 Å². The molecule has 1 aliphatic rings. The lowest BCUT2D eigenvalue weighted by Gasteiger charge is -2.31. The Kier molecular flexibility index (Phi) is 4.31. The molecule has 0 spiro atoms. The number of aryl methyl sites for hydroxylation is 1. The summed E-state index contributed by atoms with van der Waals surface area (Å²) in [5.74, 6) is 0. The fourth-order valence-electron chi connectivity index (χ4n) is 2.41. The molecule has 21 heavy (non-hydrogen) atoms. The van der Waals surface area contributed by atoms with Crippen LogP contribution in [0.1, 0.15) is 18.1 Å². The van der Waals surface area contributed by atoms with Crippen LogP contribution in [0.3, 0.4) is 0 Å². The Hall–Kier alpha value is -1.51. The van der Waals surface area contributed by atoms with Crippen LogP contribution >= 0.6 is 0 Å². The van der Waals surface area contributed by atoms with Gasteiger partial charge in [-0.15, -0.1) is 0 Å². The van der Waals surface area contributed by atoms with Gasteiger partial charge in [-0.25, -0.2) is 8.42 Å². The number of nitrogens with one attached hydrogen (secondary N) is 1. The molecular weight excluding hydrogens is 294 g/mol. The standard InChI is InChI=1S/C13H19N3O4S/c1-9-6-12(7-13(11(9)3)16(17)18)21(19,20)15-5-4-14-10(2)8-15/h6-7,10,14H,4-5,8H2,1-3H3/t10-/m1/s1. The Bertz CT molecular complexity index is 672. The van der Waals surface area contributed by atoms with Gasteiger partial charge in [-0.05, 0) is 32.4 Å². The normalized spacial score (nSPS) is 20.4. The summed E-state index contributed by atoms with van der Waals surface area (Å²) in [4.78, 5) is 10.5. The van der Waals surface area contributed by atoms with Crippen LogP contribution in [0.4, 0.5) is 5.69 Å². The fourth-order valence-corrected chi connectivity index (χ4v) is 4.05. The van der Waals surface area contributed by atoms with E-state index < -0.39 is 14.9 Å². The number of sulfonamides is 1. The molecule has 0 bridgehead atoms. The van der Waals surface area contributed by atoms with E-state index in [0.29, 0.717) is 30.8 Å². The van der Waals surface area contributed by atoms with E-state index in [1.807, 2.05) is 6.92 Å². The summed E-state index contributed by atoms with van der Waals surface area (Å²) in [5, 5.41) is 14.2. The molecule has 1 aliphatic heterocycles. The van der Waals surface area contributed by atoms with Crippen molar-refractivity contribution in [3.8, 4) is 0 Å². The molecule has 8 heteroatoms. The molecule has 1 N–H and O–H groups in total. The second kappa shape index (κ2) is 5.70. The Balaban J connectivity index is 2.47. The molecule has 2 rings (SSSR count). The first kappa shape index (κ1) is 15.9. The molecule has 0 amide bonds. The second-order valence-corrected chi connectivity index (χ2v) is 7.30. The number of nitro benzene ring substituents is 1. The van der Waals surface area contributed by atoms with E-state index in [2.05, 4.69) is 5.32 Å². The van der Waals surface area contributed by atoms with E-state index in [1.165, 1.54) is 10.4 Å². The van der Waals surface area contributed by atoms with Crippen molar-refractivity contribution in [3.63, 3.8) is 0 Å². The molecule has 1 heterocycles. The van der Waals surface area contributed by atoms with Gasteiger partial charge in [-0.1, -0.05) is 0 Å². The van der Waals surface area contributed by atoms with Crippen LogP contribution in [0.25, 0.3) is 0 Å². The predicted molar refractivity (Wildman–Crippen MR) is 78.8 cm³/mol. The molecule has 0 aromatic heterocycles. The minimum Gasteiger partial charge on any atom is -0.312 e. The van der Waals surface area contributed by atoms with E-state index in [0.717, 1.165) is 6.07 Å². The zero-order valence-corrected chi connectivity index (χ0v) is 13.1. The third kappa shape index (κ3) is 3.07. The topological polar surface area (TPSA) is 92.6 Å². The Morgan fingerprint density at radius 2 is 2.05 bits per heavy atom. The molecule has 0 unspecified atom stereocenters. The monoisotopic (exact) mass is 313 g/mol. The van der Waals surface area contributed by atoms with Gasteiger partial charge in [0.2, 0.25) is 10.0 Å². The molecule has 116 valence electrons. The minimum atomic E-state index is -3.70. The molecule has 0 aliphatic carbocycles. The highest BCUT2D eigenvalue weighted by atomic mass is 32.2. The van der Waals surface area contributed by atoms with Crippen molar-refractivity contribution in [3.05, 3.63) is 33.4 Å². The van der Waals surface area contributed by atoms with Crippen LogP contribution in [0.15, 0.2) is 17.0 Å². The third-order valence-electron chi connectivity index (χ3n) is 3.78. The van der Waals surface area contributed by atoms with Gasteiger partial charge in [-0.3, -0.25) is 10.1 Å². The van der Waals surface area contributed by atoms with Gasteiger partial charge in [0, 0.05) is 37.3 Å². The molecule has 1 aromatic carbocycles. The number of hydrogen-bond acceptors (Lipinski definition) is 5. The van der Waals surface area contributed by atoms with E-state index in [1.54, 1.807) is 13.8 Å². The van der Waals surface area contributed by atoms with Gasteiger partial charge in [0.25, 0.3) is 5.69 Å². The van der Waals surface area contributed by atoms with E-state index in [4.69, 9.17) is 0 Å². The molecule has 1 atom stereocenters. The first-order valence-corrected chi connectivity index (χ1v) is 8.16. The Morgan fingerprint density at radius 1 is 1.38 bits per heavy atom. The van der Waals surface area contributed by atoms with Crippen molar-refractivity contribution in [1.82, 2.24) is 9.62 Å². The number of benzene rings is 1. The third-order valence-corrected chi connectivity index (χ3v) is 5.62.